The van der Waals surface area contributed by atoms with E-state index in [1.165, 1.54) is 12.5 Å². The molecule has 0 spiro atoms. The lowest BCUT2D eigenvalue weighted by Gasteiger charge is -2.38. The van der Waals surface area contributed by atoms with Gasteiger partial charge < -0.3 is 0 Å². The average Bonchev–Trinajstić information content (AvgIpc) is 2.62. The lowest BCUT2D eigenvalue weighted by Crippen LogP contribution is -2.42. The molecule has 1 unspecified atom stereocenters. The molecule has 0 saturated carbocycles. The quantitative estimate of drug-likeness (QED) is 0.738. The number of rotatable bonds is 2. The Morgan fingerprint density at radius 3 is 2.75 bits per heavy atom. The summed E-state index contributed by atoms with van der Waals surface area (Å²) in [5.41, 5.74) is 1.12. The molecule has 0 aromatic heterocycles. The minimum absolute atomic E-state index is 0.0102. The van der Waals surface area contributed by atoms with E-state index in [1.54, 1.807) is 6.07 Å². The molecule has 0 aliphatic carbocycles. The highest BCUT2D eigenvalue weighted by molar-refractivity contribution is 5.26. The van der Waals surface area contributed by atoms with Crippen LogP contribution in [-0.4, -0.2) is 17.5 Å². The number of hydrogen-bond acceptors (Lipinski definition) is 1. The van der Waals surface area contributed by atoms with Gasteiger partial charge in [0.1, 0.15) is 5.82 Å². The second-order valence-electron chi connectivity index (χ2n) is 5.17. The highest BCUT2D eigenvalue weighted by Gasteiger charge is 2.39. The van der Waals surface area contributed by atoms with E-state index >= 15 is 0 Å². The standard InChI is InChI=1S/C14H20FN/c1-11(2)16-9-5-8-14(16,3)12-6-4-7-13(15)10-12/h4,6-7,10-11H,5,8-9H2,1-3H3. The summed E-state index contributed by atoms with van der Waals surface area (Å²) in [5.74, 6) is -0.130. The van der Waals surface area contributed by atoms with Crippen molar-refractivity contribution in [3.05, 3.63) is 35.6 Å². The third-order valence-corrected chi connectivity index (χ3v) is 3.77. The second kappa shape index (κ2) is 4.17. The first-order valence-electron chi connectivity index (χ1n) is 6.07. The van der Waals surface area contributed by atoms with Gasteiger partial charge in [0.25, 0.3) is 0 Å². The summed E-state index contributed by atoms with van der Waals surface area (Å²) in [5, 5.41) is 0. The van der Waals surface area contributed by atoms with Gasteiger partial charge in [-0.3, -0.25) is 4.90 Å². The Labute approximate surface area is 97.3 Å². The van der Waals surface area contributed by atoms with E-state index in [2.05, 4.69) is 25.7 Å². The van der Waals surface area contributed by atoms with Crippen molar-refractivity contribution in [2.24, 2.45) is 0 Å². The van der Waals surface area contributed by atoms with Crippen LogP contribution in [-0.2, 0) is 5.54 Å². The first-order valence-corrected chi connectivity index (χ1v) is 6.07. The molecule has 1 heterocycles. The third kappa shape index (κ3) is 1.86. The summed E-state index contributed by atoms with van der Waals surface area (Å²) in [6, 6.07) is 7.56. The van der Waals surface area contributed by atoms with Crippen LogP contribution in [0.5, 0.6) is 0 Å². The Hall–Kier alpha value is -0.890. The van der Waals surface area contributed by atoms with Crippen molar-refractivity contribution in [3.63, 3.8) is 0 Å². The summed E-state index contributed by atoms with van der Waals surface area (Å²) in [4.78, 5) is 2.47. The SMILES string of the molecule is CC(C)N1CCCC1(C)c1cccc(F)c1. The number of hydrogen-bond donors (Lipinski definition) is 0. The largest absolute Gasteiger partial charge is 0.291 e. The zero-order valence-corrected chi connectivity index (χ0v) is 10.3. The molecule has 0 amide bonds. The highest BCUT2D eigenvalue weighted by Crippen LogP contribution is 2.39. The summed E-state index contributed by atoms with van der Waals surface area (Å²) in [6.45, 7) is 7.77. The van der Waals surface area contributed by atoms with Crippen LogP contribution in [0, 0.1) is 5.82 Å². The van der Waals surface area contributed by atoms with Crippen molar-refractivity contribution in [1.29, 1.82) is 0 Å². The normalized spacial score (nSPS) is 26.6. The summed E-state index contributed by atoms with van der Waals surface area (Å²) >= 11 is 0. The van der Waals surface area contributed by atoms with Gasteiger partial charge in [0.2, 0.25) is 0 Å². The molecule has 0 bridgehead atoms. The molecule has 2 rings (SSSR count). The van der Waals surface area contributed by atoms with Crippen LogP contribution in [0.1, 0.15) is 39.2 Å². The van der Waals surface area contributed by atoms with Crippen LogP contribution in [0.15, 0.2) is 24.3 Å². The number of halogens is 1. The molecule has 0 N–H and O–H groups in total. The van der Waals surface area contributed by atoms with Crippen molar-refractivity contribution >= 4 is 0 Å². The maximum Gasteiger partial charge on any atom is 0.123 e. The Kier molecular flexibility index (Phi) is 3.02. The fourth-order valence-electron chi connectivity index (χ4n) is 2.95. The predicted octanol–water partition coefficient (Wildman–Crippen LogP) is 3.55. The van der Waals surface area contributed by atoms with Crippen molar-refractivity contribution in [3.8, 4) is 0 Å². The molecule has 1 nitrogen and oxygen atoms in total. The Balaban J connectivity index is 2.37. The fraction of sp³-hybridized carbons (Fsp3) is 0.571. The van der Waals surface area contributed by atoms with Gasteiger partial charge in [0.05, 0.1) is 0 Å². The van der Waals surface area contributed by atoms with Gasteiger partial charge in [-0.25, -0.2) is 4.39 Å². The Bertz CT molecular complexity index is 375. The van der Waals surface area contributed by atoms with Crippen LogP contribution in [0.25, 0.3) is 0 Å². The van der Waals surface area contributed by atoms with E-state index in [4.69, 9.17) is 0 Å². The van der Waals surface area contributed by atoms with Crippen LogP contribution < -0.4 is 0 Å². The summed E-state index contributed by atoms with van der Waals surface area (Å²) in [6.07, 6.45) is 2.32. The minimum atomic E-state index is -0.130. The third-order valence-electron chi connectivity index (χ3n) is 3.77. The lowest BCUT2D eigenvalue weighted by molar-refractivity contribution is 0.117. The molecule has 16 heavy (non-hydrogen) atoms. The maximum atomic E-state index is 13.3. The van der Waals surface area contributed by atoms with Gasteiger partial charge in [-0.2, -0.15) is 0 Å². The van der Waals surface area contributed by atoms with Crippen LogP contribution in [0.2, 0.25) is 0 Å². The molecule has 1 fully saturated rings. The Morgan fingerprint density at radius 2 is 2.12 bits per heavy atom. The summed E-state index contributed by atoms with van der Waals surface area (Å²) in [7, 11) is 0. The first-order chi connectivity index (χ1) is 7.54. The van der Waals surface area contributed by atoms with E-state index in [1.807, 2.05) is 12.1 Å². The molecule has 1 saturated heterocycles. The van der Waals surface area contributed by atoms with Crippen LogP contribution >= 0.6 is 0 Å². The van der Waals surface area contributed by atoms with E-state index < -0.39 is 0 Å². The second-order valence-corrected chi connectivity index (χ2v) is 5.17. The van der Waals surface area contributed by atoms with Crippen molar-refractivity contribution in [2.75, 3.05) is 6.54 Å². The molecule has 2 heteroatoms. The molecular weight excluding hydrogens is 201 g/mol. The average molecular weight is 221 g/mol. The van der Waals surface area contributed by atoms with Gasteiger partial charge in [0, 0.05) is 11.6 Å². The van der Waals surface area contributed by atoms with Crippen molar-refractivity contribution < 1.29 is 4.39 Å². The predicted molar refractivity (Wildman–Crippen MR) is 64.8 cm³/mol. The minimum Gasteiger partial charge on any atom is -0.291 e. The molecule has 1 aromatic carbocycles. The maximum absolute atomic E-state index is 13.3. The number of nitrogens with zero attached hydrogens (tertiary/aromatic N) is 1. The zero-order valence-electron chi connectivity index (χ0n) is 10.3. The van der Waals surface area contributed by atoms with E-state index in [0.717, 1.165) is 18.5 Å². The number of benzene rings is 1. The van der Waals surface area contributed by atoms with E-state index in [9.17, 15) is 4.39 Å². The molecule has 0 radical (unpaired) electrons. The first kappa shape index (κ1) is 11.6. The summed E-state index contributed by atoms with van der Waals surface area (Å²) < 4.78 is 13.3. The van der Waals surface area contributed by atoms with E-state index in [0.29, 0.717) is 6.04 Å². The lowest BCUT2D eigenvalue weighted by atomic mass is 9.88. The van der Waals surface area contributed by atoms with Gasteiger partial charge in [-0.05, 0) is 57.9 Å². The van der Waals surface area contributed by atoms with Crippen molar-refractivity contribution in [2.45, 2.75) is 45.2 Å². The van der Waals surface area contributed by atoms with Crippen LogP contribution in [0.3, 0.4) is 0 Å². The van der Waals surface area contributed by atoms with E-state index in [-0.39, 0.29) is 11.4 Å². The van der Waals surface area contributed by atoms with Crippen molar-refractivity contribution in [1.82, 2.24) is 4.90 Å². The molecule has 1 aromatic rings. The topological polar surface area (TPSA) is 3.24 Å². The van der Waals surface area contributed by atoms with Gasteiger partial charge in [-0.15, -0.1) is 0 Å². The van der Waals surface area contributed by atoms with Gasteiger partial charge in [-0.1, -0.05) is 12.1 Å². The number of likely N-dealkylation sites (tertiary alicyclic amines) is 1. The Morgan fingerprint density at radius 1 is 1.38 bits per heavy atom. The fourth-order valence-corrected chi connectivity index (χ4v) is 2.95. The monoisotopic (exact) mass is 221 g/mol. The molecule has 1 aliphatic heterocycles. The smallest absolute Gasteiger partial charge is 0.123 e. The van der Waals surface area contributed by atoms with Crippen LogP contribution in [0.4, 0.5) is 4.39 Å². The van der Waals surface area contributed by atoms with Gasteiger partial charge >= 0.3 is 0 Å². The molecule has 1 aliphatic rings. The highest BCUT2D eigenvalue weighted by atomic mass is 19.1. The van der Waals surface area contributed by atoms with Gasteiger partial charge in [0.15, 0.2) is 0 Å². The zero-order chi connectivity index (χ0) is 11.8. The molecular formula is C14H20FN. The molecule has 1 atom stereocenters. The molecule has 88 valence electrons.